The summed E-state index contributed by atoms with van der Waals surface area (Å²) in [4.78, 5) is 17.7. The molecule has 146 valence electrons. The molecule has 0 aliphatic heterocycles. The molecule has 1 aromatic heterocycles. The van der Waals surface area contributed by atoms with Gasteiger partial charge in [-0.15, -0.1) is 11.3 Å². The highest BCUT2D eigenvalue weighted by atomic mass is 32.1. The largest absolute Gasteiger partial charge is 0.493 e. The van der Waals surface area contributed by atoms with Gasteiger partial charge >= 0.3 is 0 Å². The molecule has 1 amide bonds. The van der Waals surface area contributed by atoms with Crippen molar-refractivity contribution in [3.05, 3.63) is 64.4 Å². The lowest BCUT2D eigenvalue weighted by Crippen LogP contribution is -2.12. The van der Waals surface area contributed by atoms with Crippen LogP contribution in [0.1, 0.15) is 20.8 Å². The number of carbonyl (C=O) groups excluding carboxylic acids is 1. The van der Waals surface area contributed by atoms with Gasteiger partial charge in [-0.3, -0.25) is 10.1 Å². The number of thiazole rings is 1. The van der Waals surface area contributed by atoms with Gasteiger partial charge in [0, 0.05) is 23.1 Å². The van der Waals surface area contributed by atoms with E-state index < -0.39 is 0 Å². The molecule has 0 fully saturated rings. The van der Waals surface area contributed by atoms with E-state index >= 15 is 0 Å². The van der Waals surface area contributed by atoms with Crippen LogP contribution in [-0.4, -0.2) is 32.2 Å². The summed E-state index contributed by atoms with van der Waals surface area (Å²) < 4.78 is 29.1. The Morgan fingerprint density at radius 1 is 1.11 bits per heavy atom. The van der Waals surface area contributed by atoms with Crippen LogP contribution in [0.25, 0.3) is 0 Å². The molecule has 1 N–H and O–H groups in total. The van der Waals surface area contributed by atoms with Crippen LogP contribution in [0.15, 0.2) is 42.6 Å². The predicted molar refractivity (Wildman–Crippen MR) is 105 cm³/mol. The fourth-order valence-corrected chi connectivity index (χ4v) is 3.52. The summed E-state index contributed by atoms with van der Waals surface area (Å²) in [6, 6.07) is 9.53. The van der Waals surface area contributed by atoms with Crippen LogP contribution in [0.4, 0.5) is 9.52 Å². The van der Waals surface area contributed by atoms with Gasteiger partial charge in [0.15, 0.2) is 16.6 Å². The molecule has 2 aromatic carbocycles. The Kier molecular flexibility index (Phi) is 6.10. The van der Waals surface area contributed by atoms with E-state index in [2.05, 4.69) is 10.3 Å². The molecule has 0 spiro atoms. The molecule has 0 aliphatic carbocycles. The zero-order valence-electron chi connectivity index (χ0n) is 15.6. The minimum absolute atomic E-state index is 0.280. The fourth-order valence-electron chi connectivity index (χ4n) is 2.68. The molecular weight excluding hydrogens is 383 g/mol. The van der Waals surface area contributed by atoms with Gasteiger partial charge in [-0.2, -0.15) is 0 Å². The molecule has 0 bridgehead atoms. The Morgan fingerprint density at radius 3 is 2.43 bits per heavy atom. The zero-order valence-corrected chi connectivity index (χ0v) is 16.4. The number of halogens is 1. The highest BCUT2D eigenvalue weighted by molar-refractivity contribution is 7.15. The van der Waals surface area contributed by atoms with Crippen molar-refractivity contribution in [2.75, 3.05) is 26.6 Å². The van der Waals surface area contributed by atoms with Gasteiger partial charge in [-0.25, -0.2) is 9.37 Å². The molecule has 0 saturated carbocycles. The molecular formula is C20H19FN2O4S. The van der Waals surface area contributed by atoms with Gasteiger partial charge in [-0.1, -0.05) is 12.1 Å². The third kappa shape index (κ3) is 4.40. The normalized spacial score (nSPS) is 10.4. The van der Waals surface area contributed by atoms with Crippen molar-refractivity contribution < 1.29 is 23.4 Å². The maximum atomic E-state index is 13.3. The van der Waals surface area contributed by atoms with Gasteiger partial charge in [0.25, 0.3) is 5.91 Å². The van der Waals surface area contributed by atoms with Gasteiger partial charge < -0.3 is 14.2 Å². The van der Waals surface area contributed by atoms with Gasteiger partial charge in [-0.05, 0) is 29.8 Å². The van der Waals surface area contributed by atoms with Crippen molar-refractivity contribution >= 4 is 22.4 Å². The zero-order chi connectivity index (χ0) is 20.1. The predicted octanol–water partition coefficient (Wildman–Crippen LogP) is 4.15. The third-order valence-electron chi connectivity index (χ3n) is 3.97. The molecule has 1 heterocycles. The lowest BCUT2D eigenvalue weighted by Gasteiger charge is -2.13. The quantitative estimate of drug-likeness (QED) is 0.643. The Labute approximate surface area is 165 Å². The van der Waals surface area contributed by atoms with Crippen molar-refractivity contribution in [3.63, 3.8) is 0 Å². The van der Waals surface area contributed by atoms with Gasteiger partial charge in [0.2, 0.25) is 5.75 Å². The molecule has 0 saturated heterocycles. The number of anilines is 1. The first-order valence-electron chi connectivity index (χ1n) is 8.34. The van der Waals surface area contributed by atoms with Crippen LogP contribution in [0.3, 0.4) is 0 Å². The van der Waals surface area contributed by atoms with E-state index in [0.717, 1.165) is 10.4 Å². The summed E-state index contributed by atoms with van der Waals surface area (Å²) in [5, 5.41) is 3.21. The summed E-state index contributed by atoms with van der Waals surface area (Å²) in [6.07, 6.45) is 2.20. The minimum Gasteiger partial charge on any atom is -0.493 e. The van der Waals surface area contributed by atoms with Crippen LogP contribution in [-0.2, 0) is 6.42 Å². The van der Waals surface area contributed by atoms with Gasteiger partial charge in [0.05, 0.1) is 21.3 Å². The summed E-state index contributed by atoms with van der Waals surface area (Å²) in [6.45, 7) is 0. The second-order valence-corrected chi connectivity index (χ2v) is 6.92. The van der Waals surface area contributed by atoms with Crippen LogP contribution in [0.5, 0.6) is 17.2 Å². The molecule has 0 aliphatic rings. The molecule has 0 atom stereocenters. The minimum atomic E-state index is -0.356. The number of rotatable bonds is 7. The summed E-state index contributed by atoms with van der Waals surface area (Å²) >= 11 is 1.33. The van der Waals surface area contributed by atoms with E-state index in [-0.39, 0.29) is 11.7 Å². The molecule has 0 unspecified atom stereocenters. The van der Waals surface area contributed by atoms with Crippen molar-refractivity contribution in [2.45, 2.75) is 6.42 Å². The third-order valence-corrected chi connectivity index (χ3v) is 4.88. The first-order chi connectivity index (χ1) is 13.5. The summed E-state index contributed by atoms with van der Waals surface area (Å²) in [5.74, 6) is 0.549. The van der Waals surface area contributed by atoms with Crippen LogP contribution in [0.2, 0.25) is 0 Å². The highest BCUT2D eigenvalue weighted by Gasteiger charge is 2.18. The molecule has 3 aromatic rings. The lowest BCUT2D eigenvalue weighted by molar-refractivity contribution is 0.102. The monoisotopic (exact) mass is 402 g/mol. The standard InChI is InChI=1S/C20H19FN2O4S/c1-25-16-9-13(10-17(26-2)18(16)27-3)19(24)23-20-22-11-15(28-20)8-12-5-4-6-14(21)7-12/h4-7,9-11H,8H2,1-3H3,(H,22,23,24). The van der Waals surface area contributed by atoms with Crippen LogP contribution in [0, 0.1) is 5.82 Å². The second-order valence-electron chi connectivity index (χ2n) is 5.81. The fraction of sp³-hybridized carbons (Fsp3) is 0.200. The number of methoxy groups -OCH3 is 3. The number of amides is 1. The Hall–Kier alpha value is -3.13. The van der Waals surface area contributed by atoms with Crippen molar-refractivity contribution in [2.24, 2.45) is 0 Å². The highest BCUT2D eigenvalue weighted by Crippen LogP contribution is 2.38. The van der Waals surface area contributed by atoms with E-state index in [1.54, 1.807) is 24.4 Å². The Bertz CT molecular complexity index is 965. The molecule has 6 nitrogen and oxygen atoms in total. The smallest absolute Gasteiger partial charge is 0.257 e. The van der Waals surface area contributed by atoms with E-state index in [0.29, 0.717) is 34.4 Å². The average molecular weight is 402 g/mol. The summed E-state index contributed by atoms with van der Waals surface area (Å²) in [7, 11) is 4.47. The Balaban J connectivity index is 1.76. The summed E-state index contributed by atoms with van der Waals surface area (Å²) in [5.41, 5.74) is 1.18. The first-order valence-corrected chi connectivity index (χ1v) is 9.16. The maximum Gasteiger partial charge on any atom is 0.257 e. The van der Waals surface area contributed by atoms with Crippen LogP contribution >= 0.6 is 11.3 Å². The SMILES string of the molecule is COc1cc(C(=O)Nc2ncc(Cc3cccc(F)c3)s2)cc(OC)c1OC. The Morgan fingerprint density at radius 2 is 1.82 bits per heavy atom. The van der Waals surface area contributed by atoms with Crippen molar-refractivity contribution in [3.8, 4) is 17.2 Å². The number of aromatic nitrogens is 1. The molecule has 28 heavy (non-hydrogen) atoms. The molecule has 0 radical (unpaired) electrons. The van der Waals surface area contributed by atoms with Gasteiger partial charge in [0.1, 0.15) is 5.82 Å². The van der Waals surface area contributed by atoms with E-state index in [4.69, 9.17) is 14.2 Å². The van der Waals surface area contributed by atoms with Crippen molar-refractivity contribution in [1.29, 1.82) is 0 Å². The van der Waals surface area contributed by atoms with E-state index in [1.807, 2.05) is 6.07 Å². The molecule has 3 rings (SSSR count). The maximum absolute atomic E-state index is 13.3. The van der Waals surface area contributed by atoms with E-state index in [9.17, 15) is 9.18 Å². The number of hydrogen-bond donors (Lipinski definition) is 1. The number of nitrogens with one attached hydrogen (secondary N) is 1. The van der Waals surface area contributed by atoms with Crippen LogP contribution < -0.4 is 19.5 Å². The van der Waals surface area contributed by atoms with Crippen molar-refractivity contribution in [1.82, 2.24) is 4.98 Å². The van der Waals surface area contributed by atoms with E-state index in [1.165, 1.54) is 44.8 Å². The molecule has 8 heteroatoms. The number of hydrogen-bond acceptors (Lipinski definition) is 6. The lowest BCUT2D eigenvalue weighted by atomic mass is 10.1. The number of benzene rings is 2. The average Bonchev–Trinajstić information content (AvgIpc) is 3.13. The topological polar surface area (TPSA) is 69.7 Å². The first kappa shape index (κ1) is 19.6. The second kappa shape index (κ2) is 8.71. The number of carbonyl (C=O) groups is 1. The number of nitrogens with zero attached hydrogens (tertiary/aromatic N) is 1. The number of ether oxygens (including phenoxy) is 3.